The van der Waals surface area contributed by atoms with Crippen molar-refractivity contribution in [2.45, 2.75) is 44.4 Å². The number of benzene rings is 1. The fraction of sp³-hybridized carbons (Fsp3) is 0.588. The van der Waals surface area contributed by atoms with E-state index in [0.717, 1.165) is 25.3 Å². The number of nitro groups is 1. The van der Waals surface area contributed by atoms with E-state index < -0.39 is 14.9 Å². The maximum Gasteiger partial charge on any atom is 0.270 e. The molecule has 1 fully saturated rings. The van der Waals surface area contributed by atoms with E-state index in [1.807, 2.05) is 0 Å². The lowest BCUT2D eigenvalue weighted by molar-refractivity contribution is -0.385. The number of aryl methyl sites for hydroxylation is 1. The van der Waals surface area contributed by atoms with E-state index >= 15 is 0 Å². The second kappa shape index (κ2) is 8.59. The van der Waals surface area contributed by atoms with Gasteiger partial charge in [0.05, 0.1) is 9.82 Å². The van der Waals surface area contributed by atoms with E-state index in [1.54, 1.807) is 11.8 Å². The van der Waals surface area contributed by atoms with Crippen molar-refractivity contribution < 1.29 is 18.1 Å². The van der Waals surface area contributed by atoms with E-state index in [2.05, 4.69) is 6.92 Å². The van der Waals surface area contributed by atoms with E-state index in [4.69, 9.17) is 0 Å². The van der Waals surface area contributed by atoms with Crippen molar-refractivity contribution in [1.82, 2.24) is 9.21 Å². The number of piperazine rings is 1. The van der Waals surface area contributed by atoms with Gasteiger partial charge in [0.1, 0.15) is 0 Å². The van der Waals surface area contributed by atoms with Crippen LogP contribution in [0.5, 0.6) is 0 Å². The Morgan fingerprint density at radius 3 is 2.42 bits per heavy atom. The molecule has 0 spiro atoms. The normalized spacial score (nSPS) is 15.8. The van der Waals surface area contributed by atoms with Crippen LogP contribution in [0.25, 0.3) is 0 Å². The van der Waals surface area contributed by atoms with Crippen molar-refractivity contribution in [1.29, 1.82) is 0 Å². The first-order valence-electron chi connectivity index (χ1n) is 8.80. The Bertz CT molecular complexity index is 771. The van der Waals surface area contributed by atoms with Crippen LogP contribution < -0.4 is 0 Å². The maximum absolute atomic E-state index is 12.9. The van der Waals surface area contributed by atoms with Crippen LogP contribution in [0.3, 0.4) is 0 Å². The van der Waals surface area contributed by atoms with Gasteiger partial charge in [-0.3, -0.25) is 14.9 Å². The second-order valence-electron chi connectivity index (χ2n) is 6.45. The van der Waals surface area contributed by atoms with Crippen molar-refractivity contribution in [3.05, 3.63) is 33.9 Å². The Labute approximate surface area is 154 Å². The smallest absolute Gasteiger partial charge is 0.270 e. The third-order valence-electron chi connectivity index (χ3n) is 4.59. The molecular formula is C17H25N3O5S. The van der Waals surface area contributed by atoms with Crippen LogP contribution in [0.4, 0.5) is 5.69 Å². The summed E-state index contributed by atoms with van der Waals surface area (Å²) in [6.07, 6.45) is 3.39. The molecule has 1 aliphatic heterocycles. The predicted molar refractivity (Wildman–Crippen MR) is 97.3 cm³/mol. The molecule has 1 heterocycles. The van der Waals surface area contributed by atoms with Gasteiger partial charge in [0, 0.05) is 44.7 Å². The summed E-state index contributed by atoms with van der Waals surface area (Å²) >= 11 is 0. The molecular weight excluding hydrogens is 358 g/mol. The Morgan fingerprint density at radius 2 is 1.85 bits per heavy atom. The molecule has 1 aromatic rings. The first kappa shape index (κ1) is 20.3. The molecule has 0 bridgehead atoms. The number of amides is 1. The second-order valence-corrected chi connectivity index (χ2v) is 8.36. The quantitative estimate of drug-likeness (QED) is 0.408. The molecule has 26 heavy (non-hydrogen) atoms. The van der Waals surface area contributed by atoms with Crippen molar-refractivity contribution in [3.63, 3.8) is 0 Å². The topological polar surface area (TPSA) is 101 Å². The van der Waals surface area contributed by atoms with E-state index in [0.29, 0.717) is 25.1 Å². The predicted octanol–water partition coefficient (Wildman–Crippen LogP) is 2.32. The minimum atomic E-state index is -3.83. The highest BCUT2D eigenvalue weighted by molar-refractivity contribution is 7.89. The Kier molecular flexibility index (Phi) is 6.71. The zero-order valence-electron chi connectivity index (χ0n) is 15.2. The summed E-state index contributed by atoms with van der Waals surface area (Å²) in [4.78, 5) is 24.1. The lowest BCUT2D eigenvalue weighted by atomic mass is 10.2. The molecule has 0 saturated carbocycles. The molecule has 2 rings (SSSR count). The molecule has 0 atom stereocenters. The van der Waals surface area contributed by atoms with Crippen LogP contribution in [-0.2, 0) is 14.8 Å². The minimum absolute atomic E-state index is 0.0468. The van der Waals surface area contributed by atoms with Gasteiger partial charge in [-0.1, -0.05) is 25.8 Å². The highest BCUT2D eigenvalue weighted by Gasteiger charge is 2.31. The molecule has 1 aromatic carbocycles. The van der Waals surface area contributed by atoms with Gasteiger partial charge in [0.15, 0.2) is 0 Å². The minimum Gasteiger partial charge on any atom is -0.340 e. The van der Waals surface area contributed by atoms with Crippen LogP contribution in [0, 0.1) is 17.0 Å². The van der Waals surface area contributed by atoms with Crippen LogP contribution in [0.1, 0.15) is 38.2 Å². The van der Waals surface area contributed by atoms with E-state index in [9.17, 15) is 23.3 Å². The molecule has 8 nitrogen and oxygen atoms in total. The third-order valence-corrected chi connectivity index (χ3v) is 6.63. The van der Waals surface area contributed by atoms with Crippen LogP contribution in [0.15, 0.2) is 23.1 Å². The largest absolute Gasteiger partial charge is 0.340 e. The number of non-ortho nitro benzene ring substituents is 1. The summed E-state index contributed by atoms with van der Waals surface area (Å²) in [7, 11) is -3.83. The number of sulfonamides is 1. The fourth-order valence-corrected chi connectivity index (χ4v) is 4.65. The van der Waals surface area contributed by atoms with E-state index in [-0.39, 0.29) is 29.6 Å². The van der Waals surface area contributed by atoms with Gasteiger partial charge in [0.2, 0.25) is 15.9 Å². The maximum atomic E-state index is 12.9. The average Bonchev–Trinajstić information content (AvgIpc) is 2.62. The third kappa shape index (κ3) is 4.59. The highest BCUT2D eigenvalue weighted by Crippen LogP contribution is 2.25. The summed E-state index contributed by atoms with van der Waals surface area (Å²) in [6.45, 7) is 4.78. The summed E-state index contributed by atoms with van der Waals surface area (Å²) in [6, 6.07) is 3.84. The van der Waals surface area contributed by atoms with Crippen molar-refractivity contribution in [3.8, 4) is 0 Å². The highest BCUT2D eigenvalue weighted by atomic mass is 32.2. The lowest BCUT2D eigenvalue weighted by Gasteiger charge is -2.34. The number of unbranched alkanes of at least 4 members (excludes halogenated alkanes) is 2. The molecule has 0 radical (unpaired) electrons. The molecule has 0 aromatic heterocycles. The summed E-state index contributed by atoms with van der Waals surface area (Å²) in [5.74, 6) is 0.0574. The SMILES string of the molecule is CCCCCC(=O)N1CCN(S(=O)(=O)c2cc([N+](=O)[O-])ccc2C)CC1. The molecule has 1 aliphatic rings. The molecule has 0 aliphatic carbocycles. The Hall–Kier alpha value is -2.00. The average molecular weight is 383 g/mol. The van der Waals surface area contributed by atoms with Gasteiger partial charge in [-0.05, 0) is 18.9 Å². The number of carbonyl (C=O) groups excluding carboxylic acids is 1. The van der Waals surface area contributed by atoms with Gasteiger partial charge < -0.3 is 4.90 Å². The fourth-order valence-electron chi connectivity index (χ4n) is 2.98. The van der Waals surface area contributed by atoms with Crippen molar-refractivity contribution >= 4 is 21.6 Å². The Balaban J connectivity index is 2.07. The van der Waals surface area contributed by atoms with Gasteiger partial charge >= 0.3 is 0 Å². The van der Waals surface area contributed by atoms with Gasteiger partial charge in [-0.15, -0.1) is 0 Å². The van der Waals surface area contributed by atoms with Crippen LogP contribution in [-0.4, -0.2) is 54.6 Å². The number of hydrogen-bond donors (Lipinski definition) is 0. The number of nitrogens with zero attached hydrogens (tertiary/aromatic N) is 3. The van der Waals surface area contributed by atoms with Crippen molar-refractivity contribution in [2.75, 3.05) is 26.2 Å². The van der Waals surface area contributed by atoms with Gasteiger partial charge in [0.25, 0.3) is 5.69 Å². The van der Waals surface area contributed by atoms with Crippen LogP contribution >= 0.6 is 0 Å². The van der Waals surface area contributed by atoms with E-state index in [1.165, 1.54) is 16.4 Å². The molecule has 0 N–H and O–H groups in total. The first-order chi connectivity index (χ1) is 12.3. The summed E-state index contributed by atoms with van der Waals surface area (Å²) in [5, 5.41) is 10.9. The molecule has 0 unspecified atom stereocenters. The lowest BCUT2D eigenvalue weighted by Crippen LogP contribution is -2.50. The standard InChI is InChI=1S/C17H25N3O5S/c1-3-4-5-6-17(21)18-9-11-19(12-10-18)26(24,25)16-13-15(20(22)23)8-7-14(16)2/h7-8,13H,3-6,9-12H2,1-2H3. The Morgan fingerprint density at radius 1 is 1.19 bits per heavy atom. The van der Waals surface area contributed by atoms with Crippen molar-refractivity contribution in [2.24, 2.45) is 0 Å². The summed E-state index contributed by atoms with van der Waals surface area (Å²) in [5.41, 5.74) is 0.215. The molecule has 144 valence electrons. The van der Waals surface area contributed by atoms with Gasteiger partial charge in [-0.25, -0.2) is 8.42 Å². The number of hydrogen-bond acceptors (Lipinski definition) is 5. The molecule has 1 saturated heterocycles. The molecule has 9 heteroatoms. The van der Waals surface area contributed by atoms with Gasteiger partial charge in [-0.2, -0.15) is 4.31 Å². The zero-order chi connectivity index (χ0) is 19.3. The van der Waals surface area contributed by atoms with Crippen LogP contribution in [0.2, 0.25) is 0 Å². The zero-order valence-corrected chi connectivity index (χ0v) is 16.0. The number of nitro benzene ring substituents is 1. The molecule has 1 amide bonds. The first-order valence-corrected chi connectivity index (χ1v) is 10.2. The summed E-state index contributed by atoms with van der Waals surface area (Å²) < 4.78 is 27.0. The number of rotatable bonds is 7. The monoisotopic (exact) mass is 383 g/mol. The number of carbonyl (C=O) groups is 1.